The van der Waals surface area contributed by atoms with Crippen LogP contribution >= 0.6 is 0 Å². The third kappa shape index (κ3) is 3.20. The minimum absolute atomic E-state index is 0.00337. The highest BCUT2D eigenvalue weighted by Gasteiger charge is 2.25. The maximum atomic E-state index is 12.4. The first kappa shape index (κ1) is 15.6. The standard InChI is InChI=1S/C19H20N4O2/c24-17-7-3-4-10-23(17)13-18(25)22-11-8-14(9-12-22)19-20-15-5-1-2-6-16(15)21-19/h1-7,10,14H,8-9,11-13H2,(H,20,21). The van der Waals surface area contributed by atoms with Gasteiger partial charge in [-0.3, -0.25) is 9.59 Å². The lowest BCUT2D eigenvalue weighted by atomic mass is 9.96. The van der Waals surface area contributed by atoms with Gasteiger partial charge in [-0.2, -0.15) is 0 Å². The highest BCUT2D eigenvalue weighted by molar-refractivity contribution is 5.76. The van der Waals surface area contributed by atoms with E-state index in [1.165, 1.54) is 10.6 Å². The van der Waals surface area contributed by atoms with Crippen LogP contribution in [0.15, 0.2) is 53.5 Å². The zero-order valence-corrected chi connectivity index (χ0v) is 13.9. The Morgan fingerprint density at radius 2 is 1.88 bits per heavy atom. The molecule has 0 atom stereocenters. The molecule has 4 rings (SSSR count). The summed E-state index contributed by atoms with van der Waals surface area (Å²) in [7, 11) is 0. The van der Waals surface area contributed by atoms with E-state index in [1.54, 1.807) is 18.3 Å². The molecule has 1 fully saturated rings. The van der Waals surface area contributed by atoms with Crippen molar-refractivity contribution in [2.24, 2.45) is 0 Å². The summed E-state index contributed by atoms with van der Waals surface area (Å²) in [5, 5.41) is 0. The predicted molar refractivity (Wildman–Crippen MR) is 95.4 cm³/mol. The van der Waals surface area contributed by atoms with Crippen LogP contribution in [-0.4, -0.2) is 38.4 Å². The fourth-order valence-corrected chi connectivity index (χ4v) is 3.41. The number of imidazole rings is 1. The van der Waals surface area contributed by atoms with E-state index in [9.17, 15) is 9.59 Å². The van der Waals surface area contributed by atoms with Crippen LogP contribution in [0, 0.1) is 0 Å². The van der Waals surface area contributed by atoms with Crippen molar-refractivity contribution in [2.75, 3.05) is 13.1 Å². The number of hydrogen-bond donors (Lipinski definition) is 1. The number of piperidine rings is 1. The van der Waals surface area contributed by atoms with Crippen molar-refractivity contribution in [1.29, 1.82) is 0 Å². The van der Waals surface area contributed by atoms with Gasteiger partial charge in [0, 0.05) is 31.3 Å². The van der Waals surface area contributed by atoms with Crippen LogP contribution in [0.3, 0.4) is 0 Å². The fraction of sp³-hybridized carbons (Fsp3) is 0.316. The van der Waals surface area contributed by atoms with Gasteiger partial charge in [0.05, 0.1) is 11.0 Å². The van der Waals surface area contributed by atoms with E-state index in [0.717, 1.165) is 29.7 Å². The molecule has 0 saturated carbocycles. The van der Waals surface area contributed by atoms with Crippen LogP contribution in [0.25, 0.3) is 11.0 Å². The van der Waals surface area contributed by atoms with E-state index in [0.29, 0.717) is 19.0 Å². The molecule has 128 valence electrons. The van der Waals surface area contributed by atoms with Crippen molar-refractivity contribution in [3.05, 3.63) is 64.8 Å². The largest absolute Gasteiger partial charge is 0.342 e. The van der Waals surface area contributed by atoms with E-state index >= 15 is 0 Å². The molecule has 0 unspecified atom stereocenters. The third-order valence-corrected chi connectivity index (χ3v) is 4.85. The quantitative estimate of drug-likeness (QED) is 0.796. The molecule has 6 heteroatoms. The zero-order valence-electron chi connectivity index (χ0n) is 13.9. The van der Waals surface area contributed by atoms with Crippen molar-refractivity contribution in [2.45, 2.75) is 25.3 Å². The van der Waals surface area contributed by atoms with E-state index in [-0.39, 0.29) is 18.0 Å². The Morgan fingerprint density at radius 1 is 1.12 bits per heavy atom. The molecule has 1 N–H and O–H groups in total. The summed E-state index contributed by atoms with van der Waals surface area (Å²) in [5.41, 5.74) is 1.90. The number of likely N-dealkylation sites (tertiary alicyclic amines) is 1. The SMILES string of the molecule is O=C(Cn1ccccc1=O)N1CCC(c2nc3ccccc3[nH]2)CC1. The van der Waals surface area contributed by atoms with Crippen LogP contribution < -0.4 is 5.56 Å². The predicted octanol–water partition coefficient (Wildman–Crippen LogP) is 2.13. The number of fused-ring (bicyclic) bond motifs is 1. The molecule has 3 aromatic rings. The van der Waals surface area contributed by atoms with Gasteiger partial charge in [0.25, 0.3) is 5.56 Å². The lowest BCUT2D eigenvalue weighted by Crippen LogP contribution is -2.41. The lowest BCUT2D eigenvalue weighted by Gasteiger charge is -2.31. The first-order valence-corrected chi connectivity index (χ1v) is 8.58. The van der Waals surface area contributed by atoms with Gasteiger partial charge in [-0.1, -0.05) is 18.2 Å². The van der Waals surface area contributed by atoms with E-state index < -0.39 is 0 Å². The number of rotatable bonds is 3. The number of nitrogens with zero attached hydrogens (tertiary/aromatic N) is 3. The van der Waals surface area contributed by atoms with Crippen LogP contribution in [0.2, 0.25) is 0 Å². The minimum atomic E-state index is -0.145. The van der Waals surface area contributed by atoms with E-state index in [2.05, 4.69) is 9.97 Å². The molecule has 3 heterocycles. The number of H-pyrrole nitrogens is 1. The normalized spacial score (nSPS) is 15.6. The number of amides is 1. The number of para-hydroxylation sites is 2. The number of carbonyl (C=O) groups excluding carboxylic acids is 1. The second-order valence-electron chi connectivity index (χ2n) is 6.46. The fourth-order valence-electron chi connectivity index (χ4n) is 3.41. The Labute approximate surface area is 145 Å². The monoisotopic (exact) mass is 336 g/mol. The summed E-state index contributed by atoms with van der Waals surface area (Å²) in [6, 6.07) is 12.9. The van der Waals surface area contributed by atoms with Crippen molar-refractivity contribution in [3.8, 4) is 0 Å². The second-order valence-corrected chi connectivity index (χ2v) is 6.46. The number of nitrogens with one attached hydrogen (secondary N) is 1. The topological polar surface area (TPSA) is 71.0 Å². The van der Waals surface area contributed by atoms with Gasteiger partial charge in [-0.15, -0.1) is 0 Å². The number of carbonyl (C=O) groups is 1. The van der Waals surface area contributed by atoms with Gasteiger partial charge in [0.2, 0.25) is 5.91 Å². The summed E-state index contributed by atoms with van der Waals surface area (Å²) in [5.74, 6) is 1.35. The third-order valence-electron chi connectivity index (χ3n) is 4.85. The number of aromatic nitrogens is 3. The molecule has 1 aromatic carbocycles. The average Bonchev–Trinajstić information content (AvgIpc) is 3.08. The molecular formula is C19H20N4O2. The molecule has 0 radical (unpaired) electrons. The van der Waals surface area contributed by atoms with Crippen LogP contribution in [-0.2, 0) is 11.3 Å². The smallest absolute Gasteiger partial charge is 0.250 e. The molecule has 0 aliphatic carbocycles. The van der Waals surface area contributed by atoms with Gasteiger partial charge >= 0.3 is 0 Å². The van der Waals surface area contributed by atoms with Gasteiger partial charge < -0.3 is 14.5 Å². The highest BCUT2D eigenvalue weighted by Crippen LogP contribution is 2.27. The molecule has 25 heavy (non-hydrogen) atoms. The Balaban J connectivity index is 1.40. The van der Waals surface area contributed by atoms with E-state index in [4.69, 9.17) is 0 Å². The summed E-state index contributed by atoms with van der Waals surface area (Å²) in [6.45, 7) is 1.50. The summed E-state index contributed by atoms with van der Waals surface area (Å²) < 4.78 is 1.45. The number of benzene rings is 1. The van der Waals surface area contributed by atoms with Gasteiger partial charge in [0.15, 0.2) is 0 Å². The Hall–Kier alpha value is -2.89. The first-order valence-electron chi connectivity index (χ1n) is 8.58. The molecule has 1 saturated heterocycles. The Morgan fingerprint density at radius 3 is 2.64 bits per heavy atom. The van der Waals surface area contributed by atoms with Gasteiger partial charge in [-0.25, -0.2) is 4.98 Å². The molecule has 1 aliphatic heterocycles. The summed E-state index contributed by atoms with van der Waals surface area (Å²) in [4.78, 5) is 34.1. The average molecular weight is 336 g/mol. The molecular weight excluding hydrogens is 316 g/mol. The zero-order chi connectivity index (χ0) is 17.2. The maximum absolute atomic E-state index is 12.4. The second kappa shape index (κ2) is 6.55. The van der Waals surface area contributed by atoms with Crippen molar-refractivity contribution in [3.63, 3.8) is 0 Å². The molecule has 1 amide bonds. The Kier molecular flexibility index (Phi) is 4.09. The van der Waals surface area contributed by atoms with Crippen LogP contribution in [0.5, 0.6) is 0 Å². The maximum Gasteiger partial charge on any atom is 0.250 e. The summed E-state index contributed by atoms with van der Waals surface area (Å²) in [6.07, 6.45) is 3.42. The molecule has 6 nitrogen and oxygen atoms in total. The lowest BCUT2D eigenvalue weighted by molar-refractivity contribution is -0.133. The van der Waals surface area contributed by atoms with Crippen LogP contribution in [0.4, 0.5) is 0 Å². The minimum Gasteiger partial charge on any atom is -0.342 e. The van der Waals surface area contributed by atoms with Gasteiger partial charge in [-0.05, 0) is 31.0 Å². The number of aromatic amines is 1. The first-order chi connectivity index (χ1) is 12.2. The molecule has 0 bridgehead atoms. The van der Waals surface area contributed by atoms with Crippen molar-refractivity contribution < 1.29 is 4.79 Å². The molecule has 0 spiro atoms. The van der Waals surface area contributed by atoms with Crippen molar-refractivity contribution in [1.82, 2.24) is 19.4 Å². The van der Waals surface area contributed by atoms with Crippen molar-refractivity contribution >= 4 is 16.9 Å². The number of pyridine rings is 1. The molecule has 1 aliphatic rings. The van der Waals surface area contributed by atoms with E-state index in [1.807, 2.05) is 29.2 Å². The molecule has 2 aromatic heterocycles. The van der Waals surface area contributed by atoms with Crippen LogP contribution in [0.1, 0.15) is 24.6 Å². The summed E-state index contributed by atoms with van der Waals surface area (Å²) >= 11 is 0. The highest BCUT2D eigenvalue weighted by atomic mass is 16.2. The van der Waals surface area contributed by atoms with Gasteiger partial charge in [0.1, 0.15) is 12.4 Å². The number of hydrogen-bond acceptors (Lipinski definition) is 3. The Bertz CT molecular complexity index is 918.